The minimum atomic E-state index is -0.228. The fourth-order valence-electron chi connectivity index (χ4n) is 1.16. The van der Waals surface area contributed by atoms with E-state index in [1.165, 1.54) is 0 Å². The van der Waals surface area contributed by atoms with Crippen molar-refractivity contribution in [2.45, 2.75) is 6.04 Å². The van der Waals surface area contributed by atoms with Gasteiger partial charge >= 0.3 is 0 Å². The monoisotopic (exact) mass is 200 g/mol. The first-order chi connectivity index (χ1) is 6.20. The molecule has 1 aromatic carbocycles. The zero-order valence-electron chi connectivity index (χ0n) is 7.46. The summed E-state index contributed by atoms with van der Waals surface area (Å²) < 4.78 is 5.13. The van der Waals surface area contributed by atoms with E-state index < -0.39 is 0 Å². The van der Waals surface area contributed by atoms with Crippen molar-refractivity contribution < 1.29 is 4.74 Å². The zero-order chi connectivity index (χ0) is 9.84. The van der Waals surface area contributed by atoms with Crippen molar-refractivity contribution in [2.24, 2.45) is 11.5 Å². The third kappa shape index (κ3) is 2.12. The lowest BCUT2D eigenvalue weighted by Crippen LogP contribution is -2.21. The van der Waals surface area contributed by atoms with E-state index in [0.29, 0.717) is 17.3 Å². The Hall–Kier alpha value is -0.770. The van der Waals surface area contributed by atoms with Crippen LogP contribution in [-0.4, -0.2) is 13.7 Å². The first-order valence-electron chi connectivity index (χ1n) is 3.98. The molecule has 0 spiro atoms. The van der Waals surface area contributed by atoms with Gasteiger partial charge in [0.2, 0.25) is 0 Å². The van der Waals surface area contributed by atoms with Gasteiger partial charge in [-0.25, -0.2) is 0 Å². The number of para-hydroxylation sites is 1. The summed E-state index contributed by atoms with van der Waals surface area (Å²) in [5.74, 6) is 0.613. The molecule has 72 valence electrons. The van der Waals surface area contributed by atoms with Gasteiger partial charge in [0.25, 0.3) is 0 Å². The highest BCUT2D eigenvalue weighted by Crippen LogP contribution is 2.31. The van der Waals surface area contributed by atoms with Crippen LogP contribution in [0.4, 0.5) is 0 Å². The summed E-state index contributed by atoms with van der Waals surface area (Å²) in [6, 6.07) is 5.22. The minimum absolute atomic E-state index is 0.228. The summed E-state index contributed by atoms with van der Waals surface area (Å²) in [5.41, 5.74) is 12.1. The molecule has 0 fully saturated rings. The van der Waals surface area contributed by atoms with Crippen LogP contribution in [0.1, 0.15) is 11.6 Å². The molecular formula is C9H13ClN2O. The number of benzene rings is 1. The van der Waals surface area contributed by atoms with Crippen molar-refractivity contribution >= 4 is 11.6 Å². The van der Waals surface area contributed by atoms with Crippen molar-refractivity contribution in [3.8, 4) is 5.75 Å². The van der Waals surface area contributed by atoms with Gasteiger partial charge in [0.15, 0.2) is 0 Å². The van der Waals surface area contributed by atoms with Crippen molar-refractivity contribution in [3.05, 3.63) is 28.8 Å². The lowest BCUT2D eigenvalue weighted by Gasteiger charge is -2.14. The molecule has 0 aliphatic heterocycles. The predicted octanol–water partition coefficient (Wildman–Crippen LogP) is 1.31. The fourth-order valence-corrected chi connectivity index (χ4v) is 1.42. The van der Waals surface area contributed by atoms with Crippen LogP contribution in [0.15, 0.2) is 18.2 Å². The molecule has 0 saturated heterocycles. The first kappa shape index (κ1) is 10.3. The average Bonchev–Trinajstić information content (AvgIpc) is 2.16. The van der Waals surface area contributed by atoms with E-state index in [9.17, 15) is 0 Å². The molecule has 1 atom stereocenters. The smallest absolute Gasteiger partial charge is 0.142 e. The number of rotatable bonds is 3. The molecule has 4 heteroatoms. The number of hydrogen-bond donors (Lipinski definition) is 2. The van der Waals surface area contributed by atoms with Crippen LogP contribution in [0.5, 0.6) is 5.75 Å². The Labute approximate surface area is 82.6 Å². The number of ether oxygens (including phenoxy) is 1. The summed E-state index contributed by atoms with van der Waals surface area (Å²) in [6.45, 7) is 0.372. The second-order valence-corrected chi connectivity index (χ2v) is 3.11. The van der Waals surface area contributed by atoms with E-state index in [2.05, 4.69) is 0 Å². The maximum absolute atomic E-state index is 5.91. The summed E-state index contributed by atoms with van der Waals surface area (Å²) in [7, 11) is 1.56. The highest BCUT2D eigenvalue weighted by atomic mass is 35.5. The van der Waals surface area contributed by atoms with Crippen molar-refractivity contribution in [3.63, 3.8) is 0 Å². The molecular weight excluding hydrogens is 188 g/mol. The van der Waals surface area contributed by atoms with Gasteiger partial charge < -0.3 is 16.2 Å². The molecule has 1 rings (SSSR count). The van der Waals surface area contributed by atoms with Crippen molar-refractivity contribution in [2.75, 3.05) is 13.7 Å². The third-order valence-electron chi connectivity index (χ3n) is 1.85. The molecule has 0 amide bonds. The Bertz CT molecular complexity index is 291. The van der Waals surface area contributed by atoms with E-state index in [1.54, 1.807) is 13.2 Å². The zero-order valence-corrected chi connectivity index (χ0v) is 8.21. The van der Waals surface area contributed by atoms with Gasteiger partial charge in [-0.1, -0.05) is 23.7 Å². The first-order valence-corrected chi connectivity index (χ1v) is 4.36. The maximum atomic E-state index is 5.91. The average molecular weight is 201 g/mol. The highest BCUT2D eigenvalue weighted by Gasteiger charge is 2.12. The van der Waals surface area contributed by atoms with Crippen LogP contribution in [-0.2, 0) is 0 Å². The van der Waals surface area contributed by atoms with Gasteiger partial charge in [0.05, 0.1) is 12.1 Å². The molecule has 0 heterocycles. The van der Waals surface area contributed by atoms with Gasteiger partial charge in [-0.15, -0.1) is 0 Å². The Morgan fingerprint density at radius 2 is 2.23 bits per heavy atom. The maximum Gasteiger partial charge on any atom is 0.142 e. The molecule has 0 aromatic heterocycles. The van der Waals surface area contributed by atoms with Gasteiger partial charge in [-0.3, -0.25) is 0 Å². The topological polar surface area (TPSA) is 61.3 Å². The third-order valence-corrected chi connectivity index (χ3v) is 2.15. The number of halogens is 1. The summed E-state index contributed by atoms with van der Waals surface area (Å²) in [5, 5.41) is 0.559. The highest BCUT2D eigenvalue weighted by molar-refractivity contribution is 6.32. The second kappa shape index (κ2) is 4.46. The summed E-state index contributed by atoms with van der Waals surface area (Å²) in [4.78, 5) is 0. The quantitative estimate of drug-likeness (QED) is 0.774. The summed E-state index contributed by atoms with van der Waals surface area (Å²) in [6.07, 6.45) is 0. The molecule has 4 N–H and O–H groups in total. The molecule has 0 aliphatic carbocycles. The Morgan fingerprint density at radius 1 is 1.54 bits per heavy atom. The fraction of sp³-hybridized carbons (Fsp3) is 0.333. The Kier molecular flexibility index (Phi) is 3.54. The number of nitrogens with two attached hydrogens (primary N) is 2. The molecule has 1 unspecified atom stereocenters. The van der Waals surface area contributed by atoms with E-state index in [4.69, 9.17) is 27.8 Å². The van der Waals surface area contributed by atoms with Gasteiger partial charge in [0, 0.05) is 18.2 Å². The number of hydrogen-bond acceptors (Lipinski definition) is 3. The lowest BCUT2D eigenvalue weighted by molar-refractivity contribution is 0.406. The van der Waals surface area contributed by atoms with Crippen LogP contribution in [0, 0.1) is 0 Å². The van der Waals surface area contributed by atoms with Crippen LogP contribution in [0.25, 0.3) is 0 Å². The largest absolute Gasteiger partial charge is 0.495 e. The van der Waals surface area contributed by atoms with Gasteiger partial charge in [-0.05, 0) is 6.07 Å². The second-order valence-electron chi connectivity index (χ2n) is 2.70. The van der Waals surface area contributed by atoms with E-state index in [-0.39, 0.29) is 6.04 Å². The minimum Gasteiger partial charge on any atom is -0.495 e. The van der Waals surface area contributed by atoms with E-state index in [0.717, 1.165) is 5.56 Å². The summed E-state index contributed by atoms with van der Waals surface area (Å²) >= 11 is 5.91. The molecule has 13 heavy (non-hydrogen) atoms. The van der Waals surface area contributed by atoms with Gasteiger partial charge in [0.1, 0.15) is 5.75 Å². The van der Waals surface area contributed by atoms with E-state index in [1.807, 2.05) is 12.1 Å². The standard InChI is InChI=1S/C9H13ClN2O/c1-13-9-6(8(12)5-11)3-2-4-7(9)10/h2-4,8H,5,11-12H2,1H3. The van der Waals surface area contributed by atoms with Crippen LogP contribution in [0.2, 0.25) is 5.02 Å². The lowest BCUT2D eigenvalue weighted by atomic mass is 10.1. The molecule has 0 aliphatic rings. The van der Waals surface area contributed by atoms with Crippen LogP contribution in [0.3, 0.4) is 0 Å². The SMILES string of the molecule is COc1c(Cl)cccc1C(N)CN. The molecule has 0 radical (unpaired) electrons. The molecule has 0 bridgehead atoms. The van der Waals surface area contributed by atoms with E-state index >= 15 is 0 Å². The molecule has 0 saturated carbocycles. The Morgan fingerprint density at radius 3 is 2.77 bits per heavy atom. The van der Waals surface area contributed by atoms with Crippen LogP contribution < -0.4 is 16.2 Å². The van der Waals surface area contributed by atoms with Gasteiger partial charge in [-0.2, -0.15) is 0 Å². The Balaban J connectivity index is 3.12. The van der Waals surface area contributed by atoms with Crippen LogP contribution >= 0.6 is 11.6 Å². The molecule has 1 aromatic rings. The normalized spacial score (nSPS) is 12.6. The van der Waals surface area contributed by atoms with Crippen molar-refractivity contribution in [1.82, 2.24) is 0 Å². The number of methoxy groups -OCH3 is 1. The predicted molar refractivity (Wildman–Crippen MR) is 54.0 cm³/mol. The van der Waals surface area contributed by atoms with Crippen molar-refractivity contribution in [1.29, 1.82) is 0 Å². The molecule has 3 nitrogen and oxygen atoms in total.